The van der Waals surface area contributed by atoms with Crippen molar-refractivity contribution < 1.29 is 4.79 Å². The first-order chi connectivity index (χ1) is 10.3. The molecule has 1 aliphatic carbocycles. The fraction of sp³-hybridized carbons (Fsp3) is 0.400. The lowest BCUT2D eigenvalue weighted by Crippen LogP contribution is -2.51. The van der Waals surface area contributed by atoms with Gasteiger partial charge >= 0.3 is 11.7 Å². The number of para-hydroxylation sites is 1. The average Bonchev–Trinajstić information content (AvgIpc) is 2.87. The van der Waals surface area contributed by atoms with Gasteiger partial charge < -0.3 is 5.32 Å². The highest BCUT2D eigenvalue weighted by atomic mass is 16.2. The Bertz CT molecular complexity index is 747. The van der Waals surface area contributed by atoms with Crippen LogP contribution in [0.4, 0.5) is 4.79 Å². The Balaban J connectivity index is 1.88. The molecule has 0 radical (unpaired) electrons. The third kappa shape index (κ3) is 1.82. The normalized spacial score (nSPS) is 24.1. The summed E-state index contributed by atoms with van der Waals surface area (Å²) in [6.45, 7) is 0. The van der Waals surface area contributed by atoms with Crippen LogP contribution >= 0.6 is 0 Å². The standard InChI is InChI=1S/C15H16N4O2/c20-14-16-12-9-5-4-8-11(12)13-17-19(15(21)18(13)14)10-6-2-1-3-7-10/h1-3,6-7,11-12H,4-5,8-9H2,(H,16,20). The molecule has 0 saturated heterocycles. The lowest BCUT2D eigenvalue weighted by Gasteiger charge is -2.34. The van der Waals surface area contributed by atoms with E-state index in [1.54, 1.807) is 0 Å². The largest absolute Gasteiger partial charge is 0.359 e. The Hall–Kier alpha value is -2.37. The Morgan fingerprint density at radius 2 is 1.86 bits per heavy atom. The second-order valence-corrected chi connectivity index (χ2v) is 5.67. The number of nitrogens with zero attached hydrogens (tertiary/aromatic N) is 3. The van der Waals surface area contributed by atoms with Gasteiger partial charge in [-0.1, -0.05) is 31.0 Å². The molecule has 2 atom stereocenters. The van der Waals surface area contributed by atoms with Crippen molar-refractivity contribution in [3.05, 3.63) is 46.6 Å². The second kappa shape index (κ2) is 4.58. The molecular weight excluding hydrogens is 268 g/mol. The third-order valence-electron chi connectivity index (χ3n) is 4.41. The maximum Gasteiger partial charge on any atom is 0.359 e. The molecule has 2 unspecified atom stereocenters. The molecule has 1 aliphatic heterocycles. The number of amides is 1. The van der Waals surface area contributed by atoms with Gasteiger partial charge in [0.2, 0.25) is 0 Å². The first-order valence-corrected chi connectivity index (χ1v) is 7.34. The molecule has 2 heterocycles. The average molecular weight is 284 g/mol. The van der Waals surface area contributed by atoms with Crippen LogP contribution < -0.4 is 11.0 Å². The highest BCUT2D eigenvalue weighted by molar-refractivity contribution is 5.79. The van der Waals surface area contributed by atoms with Crippen LogP contribution in [-0.2, 0) is 0 Å². The van der Waals surface area contributed by atoms with Crippen molar-refractivity contribution in [2.75, 3.05) is 0 Å². The van der Waals surface area contributed by atoms with Gasteiger partial charge in [0.25, 0.3) is 0 Å². The lowest BCUT2D eigenvalue weighted by atomic mass is 9.83. The number of hydrogen-bond donors (Lipinski definition) is 1. The zero-order valence-corrected chi connectivity index (χ0v) is 11.5. The highest BCUT2D eigenvalue weighted by Gasteiger charge is 2.38. The van der Waals surface area contributed by atoms with Crippen LogP contribution in [0.3, 0.4) is 0 Å². The molecule has 2 aromatic rings. The Morgan fingerprint density at radius 3 is 2.67 bits per heavy atom. The Labute approximate surface area is 121 Å². The number of carbonyl (C=O) groups is 1. The summed E-state index contributed by atoms with van der Waals surface area (Å²) in [5.41, 5.74) is 0.294. The van der Waals surface area contributed by atoms with Crippen LogP contribution in [0.5, 0.6) is 0 Å². The number of aromatic nitrogens is 3. The SMILES string of the molecule is O=C1NC2CCCCC2c2nn(-c3ccccc3)c(=O)n21. The van der Waals surface area contributed by atoms with Gasteiger partial charge in [-0.3, -0.25) is 0 Å². The molecule has 1 aromatic carbocycles. The number of rotatable bonds is 1. The summed E-state index contributed by atoms with van der Waals surface area (Å²) in [5.74, 6) is 0.756. The molecule has 1 saturated carbocycles. The Morgan fingerprint density at radius 1 is 1.10 bits per heavy atom. The van der Waals surface area contributed by atoms with E-state index in [-0.39, 0.29) is 18.0 Å². The van der Waals surface area contributed by atoms with Gasteiger partial charge in [-0.05, 0) is 25.0 Å². The topological polar surface area (TPSA) is 68.9 Å². The van der Waals surface area contributed by atoms with E-state index in [2.05, 4.69) is 10.4 Å². The molecule has 1 aromatic heterocycles. The summed E-state index contributed by atoms with van der Waals surface area (Å²) in [7, 11) is 0. The molecule has 0 bridgehead atoms. The van der Waals surface area contributed by atoms with E-state index >= 15 is 0 Å². The van der Waals surface area contributed by atoms with E-state index in [0.717, 1.165) is 25.7 Å². The van der Waals surface area contributed by atoms with Crippen LogP contribution in [0.1, 0.15) is 37.4 Å². The number of hydrogen-bond acceptors (Lipinski definition) is 3. The van der Waals surface area contributed by atoms with Crippen LogP contribution in [0, 0.1) is 0 Å². The molecule has 4 rings (SSSR count). The van der Waals surface area contributed by atoms with E-state index in [0.29, 0.717) is 11.5 Å². The zero-order chi connectivity index (χ0) is 14.4. The monoisotopic (exact) mass is 284 g/mol. The predicted molar refractivity (Wildman–Crippen MR) is 76.8 cm³/mol. The molecule has 108 valence electrons. The number of carbonyl (C=O) groups excluding carboxylic acids is 1. The van der Waals surface area contributed by atoms with E-state index in [9.17, 15) is 9.59 Å². The second-order valence-electron chi connectivity index (χ2n) is 5.67. The van der Waals surface area contributed by atoms with Crippen LogP contribution in [0.15, 0.2) is 35.1 Å². The number of benzene rings is 1. The molecular formula is C15H16N4O2. The van der Waals surface area contributed by atoms with Gasteiger partial charge in [-0.2, -0.15) is 9.25 Å². The van der Waals surface area contributed by atoms with Crippen LogP contribution in [0.25, 0.3) is 5.69 Å². The summed E-state index contributed by atoms with van der Waals surface area (Å²) in [5, 5.41) is 7.41. The maximum absolute atomic E-state index is 12.5. The molecule has 1 amide bonds. The lowest BCUT2D eigenvalue weighted by molar-refractivity contribution is 0.216. The fourth-order valence-electron chi connectivity index (χ4n) is 3.39. The van der Waals surface area contributed by atoms with Gasteiger partial charge in [-0.25, -0.2) is 9.59 Å². The van der Waals surface area contributed by atoms with Gasteiger partial charge in [0.05, 0.1) is 5.69 Å². The molecule has 1 fully saturated rings. The molecule has 1 N–H and O–H groups in total. The fourth-order valence-corrected chi connectivity index (χ4v) is 3.39. The minimum Gasteiger partial charge on any atom is -0.334 e. The van der Waals surface area contributed by atoms with Gasteiger partial charge in [0, 0.05) is 12.0 Å². The van der Waals surface area contributed by atoms with Gasteiger partial charge in [0.15, 0.2) is 0 Å². The van der Waals surface area contributed by atoms with Crippen molar-refractivity contribution in [2.45, 2.75) is 37.6 Å². The zero-order valence-electron chi connectivity index (χ0n) is 11.5. The highest BCUT2D eigenvalue weighted by Crippen LogP contribution is 2.34. The van der Waals surface area contributed by atoms with Crippen molar-refractivity contribution in [1.29, 1.82) is 0 Å². The molecule has 6 nitrogen and oxygen atoms in total. The summed E-state index contributed by atoms with van der Waals surface area (Å²) >= 11 is 0. The molecule has 21 heavy (non-hydrogen) atoms. The summed E-state index contributed by atoms with van der Waals surface area (Å²) < 4.78 is 2.52. The number of fused-ring (bicyclic) bond motifs is 3. The van der Waals surface area contributed by atoms with Crippen molar-refractivity contribution in [1.82, 2.24) is 19.7 Å². The first kappa shape index (κ1) is 12.4. The maximum atomic E-state index is 12.5. The summed E-state index contributed by atoms with van der Waals surface area (Å²) in [6.07, 6.45) is 4.16. The van der Waals surface area contributed by atoms with Crippen molar-refractivity contribution in [3.63, 3.8) is 0 Å². The van der Waals surface area contributed by atoms with E-state index in [1.165, 1.54) is 9.25 Å². The van der Waals surface area contributed by atoms with Gasteiger partial charge in [-0.15, -0.1) is 5.10 Å². The summed E-state index contributed by atoms with van der Waals surface area (Å²) in [6, 6.07) is 8.99. The summed E-state index contributed by atoms with van der Waals surface area (Å²) in [4.78, 5) is 24.7. The predicted octanol–water partition coefficient (Wildman–Crippen LogP) is 1.63. The number of nitrogens with one attached hydrogen (secondary N) is 1. The smallest absolute Gasteiger partial charge is 0.334 e. The van der Waals surface area contributed by atoms with Crippen molar-refractivity contribution >= 4 is 6.03 Å². The molecule has 2 aliphatic rings. The molecule has 6 heteroatoms. The van der Waals surface area contributed by atoms with E-state index < -0.39 is 5.69 Å². The van der Waals surface area contributed by atoms with Crippen LogP contribution in [0.2, 0.25) is 0 Å². The minimum absolute atomic E-state index is 0.116. The third-order valence-corrected chi connectivity index (χ3v) is 4.41. The molecule has 0 spiro atoms. The van der Waals surface area contributed by atoms with E-state index in [4.69, 9.17) is 0 Å². The Kier molecular flexibility index (Phi) is 2.70. The van der Waals surface area contributed by atoms with E-state index in [1.807, 2.05) is 30.3 Å². The van der Waals surface area contributed by atoms with Crippen molar-refractivity contribution in [2.24, 2.45) is 0 Å². The van der Waals surface area contributed by atoms with Crippen LogP contribution in [-0.4, -0.2) is 26.4 Å². The van der Waals surface area contributed by atoms with Crippen molar-refractivity contribution in [3.8, 4) is 5.69 Å². The minimum atomic E-state index is -0.391. The first-order valence-electron chi connectivity index (χ1n) is 7.34. The van der Waals surface area contributed by atoms with Gasteiger partial charge in [0.1, 0.15) is 5.82 Å². The quantitative estimate of drug-likeness (QED) is 0.865.